The third-order valence-corrected chi connectivity index (χ3v) is 2.28. The molecule has 1 amide bonds. The smallest absolute Gasteiger partial charge is 0.253 e. The molecule has 80 valence electrons. The van der Waals surface area contributed by atoms with Crippen molar-refractivity contribution in [2.45, 2.75) is 19.9 Å². The SMILES string of the molecule is C=CC(C)NC(=O)c1cccc(C)c1N. The zero-order chi connectivity index (χ0) is 11.4. The summed E-state index contributed by atoms with van der Waals surface area (Å²) in [5.41, 5.74) is 7.78. The topological polar surface area (TPSA) is 55.1 Å². The first-order valence-corrected chi connectivity index (χ1v) is 4.84. The number of hydrogen-bond donors (Lipinski definition) is 2. The number of anilines is 1. The lowest BCUT2D eigenvalue weighted by Crippen LogP contribution is -2.31. The van der Waals surface area contributed by atoms with Crippen LogP contribution in [0, 0.1) is 6.92 Å². The second-order valence-corrected chi connectivity index (χ2v) is 3.53. The minimum Gasteiger partial charge on any atom is -0.398 e. The zero-order valence-electron chi connectivity index (χ0n) is 9.08. The van der Waals surface area contributed by atoms with Gasteiger partial charge in [-0.1, -0.05) is 18.2 Å². The highest BCUT2D eigenvalue weighted by molar-refractivity contribution is 5.99. The minimum absolute atomic E-state index is 0.0580. The normalized spacial score (nSPS) is 11.9. The summed E-state index contributed by atoms with van der Waals surface area (Å²) in [5.74, 6) is -0.163. The lowest BCUT2D eigenvalue weighted by Gasteiger charge is -2.11. The summed E-state index contributed by atoms with van der Waals surface area (Å²) in [4.78, 5) is 11.7. The van der Waals surface area contributed by atoms with E-state index < -0.39 is 0 Å². The van der Waals surface area contributed by atoms with Gasteiger partial charge in [0.1, 0.15) is 0 Å². The van der Waals surface area contributed by atoms with Crippen molar-refractivity contribution < 1.29 is 4.79 Å². The van der Waals surface area contributed by atoms with Gasteiger partial charge in [0.05, 0.1) is 5.56 Å². The molecule has 1 unspecified atom stereocenters. The molecule has 1 rings (SSSR count). The molecule has 0 saturated carbocycles. The van der Waals surface area contributed by atoms with Crippen LogP contribution in [-0.2, 0) is 0 Å². The summed E-state index contributed by atoms with van der Waals surface area (Å²) < 4.78 is 0. The van der Waals surface area contributed by atoms with Gasteiger partial charge in [-0.3, -0.25) is 4.79 Å². The van der Waals surface area contributed by atoms with Crippen molar-refractivity contribution in [1.82, 2.24) is 5.32 Å². The number of rotatable bonds is 3. The number of nitrogen functional groups attached to an aromatic ring is 1. The van der Waals surface area contributed by atoms with Crippen LogP contribution in [-0.4, -0.2) is 11.9 Å². The third kappa shape index (κ3) is 2.59. The largest absolute Gasteiger partial charge is 0.398 e. The van der Waals surface area contributed by atoms with Crippen molar-refractivity contribution >= 4 is 11.6 Å². The highest BCUT2D eigenvalue weighted by Gasteiger charge is 2.11. The van der Waals surface area contributed by atoms with Crippen molar-refractivity contribution in [3.05, 3.63) is 42.0 Å². The van der Waals surface area contributed by atoms with Crippen LogP contribution < -0.4 is 11.1 Å². The number of para-hydroxylation sites is 1. The highest BCUT2D eigenvalue weighted by Crippen LogP contribution is 2.16. The summed E-state index contributed by atoms with van der Waals surface area (Å²) in [6, 6.07) is 5.35. The first-order valence-electron chi connectivity index (χ1n) is 4.84. The number of carbonyl (C=O) groups excluding carboxylic acids is 1. The van der Waals surface area contributed by atoms with E-state index in [0.29, 0.717) is 11.3 Å². The lowest BCUT2D eigenvalue weighted by molar-refractivity contribution is 0.0948. The van der Waals surface area contributed by atoms with Crippen LogP contribution in [0.25, 0.3) is 0 Å². The van der Waals surface area contributed by atoms with Crippen molar-refractivity contribution in [3.8, 4) is 0 Å². The second-order valence-electron chi connectivity index (χ2n) is 3.53. The maximum atomic E-state index is 11.7. The van der Waals surface area contributed by atoms with E-state index >= 15 is 0 Å². The van der Waals surface area contributed by atoms with Gasteiger partial charge < -0.3 is 11.1 Å². The van der Waals surface area contributed by atoms with E-state index in [1.165, 1.54) is 0 Å². The van der Waals surface area contributed by atoms with Gasteiger partial charge in [0.15, 0.2) is 0 Å². The Hall–Kier alpha value is -1.77. The molecule has 0 aliphatic carbocycles. The second kappa shape index (κ2) is 4.64. The molecule has 1 aromatic rings. The van der Waals surface area contributed by atoms with E-state index in [1.54, 1.807) is 12.1 Å². The molecule has 3 nitrogen and oxygen atoms in total. The number of nitrogens with one attached hydrogen (secondary N) is 1. The molecular formula is C12H16N2O. The Kier molecular flexibility index (Phi) is 3.50. The average Bonchev–Trinajstić information content (AvgIpc) is 2.21. The number of benzene rings is 1. The fourth-order valence-electron chi connectivity index (χ4n) is 1.22. The number of hydrogen-bond acceptors (Lipinski definition) is 2. The number of nitrogens with two attached hydrogens (primary N) is 1. The Labute approximate surface area is 90.0 Å². The van der Waals surface area contributed by atoms with Gasteiger partial charge in [0, 0.05) is 11.7 Å². The van der Waals surface area contributed by atoms with E-state index in [-0.39, 0.29) is 11.9 Å². The molecule has 0 aromatic heterocycles. The Morgan fingerprint density at radius 1 is 1.60 bits per heavy atom. The maximum Gasteiger partial charge on any atom is 0.253 e. The van der Waals surface area contributed by atoms with E-state index in [4.69, 9.17) is 5.73 Å². The average molecular weight is 204 g/mol. The molecule has 0 aliphatic rings. The molecule has 1 aromatic carbocycles. The molecule has 1 atom stereocenters. The Morgan fingerprint density at radius 3 is 2.87 bits per heavy atom. The van der Waals surface area contributed by atoms with E-state index in [1.807, 2.05) is 26.0 Å². The van der Waals surface area contributed by atoms with Crippen molar-refractivity contribution in [3.63, 3.8) is 0 Å². The van der Waals surface area contributed by atoms with Crippen LogP contribution in [0.5, 0.6) is 0 Å². The lowest BCUT2D eigenvalue weighted by atomic mass is 10.1. The molecule has 0 spiro atoms. The zero-order valence-corrected chi connectivity index (χ0v) is 9.08. The van der Waals surface area contributed by atoms with Crippen molar-refractivity contribution in [1.29, 1.82) is 0 Å². The summed E-state index contributed by atoms with van der Waals surface area (Å²) in [7, 11) is 0. The number of carbonyl (C=O) groups is 1. The maximum absolute atomic E-state index is 11.7. The van der Waals surface area contributed by atoms with Gasteiger partial charge in [-0.15, -0.1) is 6.58 Å². The Bertz CT molecular complexity index is 385. The van der Waals surface area contributed by atoms with Crippen LogP contribution >= 0.6 is 0 Å². The molecular weight excluding hydrogens is 188 g/mol. The number of amides is 1. The highest BCUT2D eigenvalue weighted by atomic mass is 16.1. The van der Waals surface area contributed by atoms with Gasteiger partial charge in [-0.05, 0) is 25.5 Å². The molecule has 0 aliphatic heterocycles. The summed E-state index contributed by atoms with van der Waals surface area (Å²) in [6.07, 6.45) is 1.67. The number of aryl methyl sites for hydroxylation is 1. The van der Waals surface area contributed by atoms with Gasteiger partial charge >= 0.3 is 0 Å². The predicted octanol–water partition coefficient (Wildman–Crippen LogP) is 1.88. The Balaban J connectivity index is 2.91. The molecule has 0 radical (unpaired) electrons. The molecule has 0 saturated heterocycles. The summed E-state index contributed by atoms with van der Waals surface area (Å²) in [6.45, 7) is 7.34. The van der Waals surface area contributed by atoms with E-state index in [9.17, 15) is 4.79 Å². The van der Waals surface area contributed by atoms with Crippen LogP contribution in [0.15, 0.2) is 30.9 Å². The Morgan fingerprint density at radius 2 is 2.27 bits per heavy atom. The molecule has 15 heavy (non-hydrogen) atoms. The van der Waals surface area contributed by atoms with Gasteiger partial charge in [0.2, 0.25) is 0 Å². The molecule has 3 N–H and O–H groups in total. The molecule has 0 fully saturated rings. The minimum atomic E-state index is -0.163. The van der Waals surface area contributed by atoms with Crippen LogP contribution in [0.4, 0.5) is 5.69 Å². The first-order chi connectivity index (χ1) is 7.06. The third-order valence-electron chi connectivity index (χ3n) is 2.28. The van der Waals surface area contributed by atoms with Crippen LogP contribution in [0.3, 0.4) is 0 Å². The predicted molar refractivity (Wildman–Crippen MR) is 62.7 cm³/mol. The van der Waals surface area contributed by atoms with Crippen molar-refractivity contribution in [2.24, 2.45) is 0 Å². The monoisotopic (exact) mass is 204 g/mol. The van der Waals surface area contributed by atoms with Gasteiger partial charge in [-0.25, -0.2) is 0 Å². The summed E-state index contributed by atoms with van der Waals surface area (Å²) in [5, 5.41) is 2.78. The first kappa shape index (κ1) is 11.3. The fraction of sp³-hybridized carbons (Fsp3) is 0.250. The molecule has 0 heterocycles. The standard InChI is InChI=1S/C12H16N2O/c1-4-9(3)14-12(15)10-7-5-6-8(2)11(10)13/h4-7,9H,1,13H2,2-3H3,(H,14,15). The van der Waals surface area contributed by atoms with Crippen molar-refractivity contribution in [2.75, 3.05) is 5.73 Å². The van der Waals surface area contributed by atoms with E-state index in [0.717, 1.165) is 5.56 Å². The van der Waals surface area contributed by atoms with Gasteiger partial charge in [-0.2, -0.15) is 0 Å². The van der Waals surface area contributed by atoms with Gasteiger partial charge in [0.25, 0.3) is 5.91 Å². The van der Waals surface area contributed by atoms with E-state index in [2.05, 4.69) is 11.9 Å². The van der Waals surface area contributed by atoms with Crippen LogP contribution in [0.1, 0.15) is 22.8 Å². The summed E-state index contributed by atoms with van der Waals surface area (Å²) >= 11 is 0. The molecule has 3 heteroatoms. The van der Waals surface area contributed by atoms with Crippen LogP contribution in [0.2, 0.25) is 0 Å². The molecule has 0 bridgehead atoms. The fourth-order valence-corrected chi connectivity index (χ4v) is 1.22. The quantitative estimate of drug-likeness (QED) is 0.583.